The van der Waals surface area contributed by atoms with Gasteiger partial charge in [-0.2, -0.15) is 11.8 Å². The molecule has 0 saturated carbocycles. The number of anilines is 1. The molecule has 1 aromatic rings. The van der Waals surface area contributed by atoms with E-state index in [9.17, 15) is 0 Å². The van der Waals surface area contributed by atoms with Crippen LogP contribution in [-0.4, -0.2) is 30.1 Å². The number of thioether (sulfide) groups is 1. The van der Waals surface area contributed by atoms with Gasteiger partial charge in [-0.3, -0.25) is 0 Å². The summed E-state index contributed by atoms with van der Waals surface area (Å²) in [7, 11) is 1.63. The molecule has 0 radical (unpaired) electrons. The Kier molecular flexibility index (Phi) is 3.72. The predicted molar refractivity (Wildman–Crippen MR) is 64.7 cm³/mol. The molecule has 1 saturated heterocycles. The molecular formula is C11H16N2OS. The van der Waals surface area contributed by atoms with Gasteiger partial charge < -0.3 is 10.1 Å². The highest BCUT2D eigenvalue weighted by Gasteiger charge is 2.14. The zero-order valence-electron chi connectivity index (χ0n) is 8.90. The van der Waals surface area contributed by atoms with Crippen LogP contribution in [0.1, 0.15) is 6.42 Å². The fourth-order valence-electron chi connectivity index (χ4n) is 1.61. The van der Waals surface area contributed by atoms with Crippen molar-refractivity contribution in [1.82, 2.24) is 4.98 Å². The Balaban J connectivity index is 1.82. The first-order chi connectivity index (χ1) is 7.38. The van der Waals surface area contributed by atoms with Crippen LogP contribution in [0.15, 0.2) is 18.3 Å². The minimum absolute atomic E-state index is 0.664. The Morgan fingerprint density at radius 3 is 3.13 bits per heavy atom. The van der Waals surface area contributed by atoms with Gasteiger partial charge in [-0.1, -0.05) is 0 Å². The van der Waals surface area contributed by atoms with Crippen LogP contribution in [0.5, 0.6) is 5.88 Å². The molecule has 1 atom stereocenters. The van der Waals surface area contributed by atoms with Gasteiger partial charge in [0.15, 0.2) is 0 Å². The smallest absolute Gasteiger partial charge is 0.213 e. The highest BCUT2D eigenvalue weighted by atomic mass is 32.2. The second-order valence-corrected chi connectivity index (χ2v) is 4.85. The molecule has 2 rings (SSSR count). The van der Waals surface area contributed by atoms with Gasteiger partial charge in [-0.05, 0) is 29.9 Å². The summed E-state index contributed by atoms with van der Waals surface area (Å²) in [6, 6.07) is 3.89. The minimum atomic E-state index is 0.664. The molecule has 2 heterocycles. The van der Waals surface area contributed by atoms with Crippen molar-refractivity contribution in [2.24, 2.45) is 5.92 Å². The number of hydrogen-bond donors (Lipinski definition) is 1. The van der Waals surface area contributed by atoms with E-state index in [0.29, 0.717) is 5.88 Å². The van der Waals surface area contributed by atoms with Crippen LogP contribution >= 0.6 is 11.8 Å². The predicted octanol–water partition coefficient (Wildman–Crippen LogP) is 2.26. The van der Waals surface area contributed by atoms with Crippen molar-refractivity contribution in [3.63, 3.8) is 0 Å². The van der Waals surface area contributed by atoms with Crippen LogP contribution in [0.4, 0.5) is 5.69 Å². The van der Waals surface area contributed by atoms with Crippen molar-refractivity contribution in [3.8, 4) is 5.88 Å². The summed E-state index contributed by atoms with van der Waals surface area (Å²) in [5.41, 5.74) is 1.08. The summed E-state index contributed by atoms with van der Waals surface area (Å²) < 4.78 is 5.00. The van der Waals surface area contributed by atoms with Gasteiger partial charge in [0.25, 0.3) is 0 Å². The van der Waals surface area contributed by atoms with Gasteiger partial charge in [-0.25, -0.2) is 4.98 Å². The number of methoxy groups -OCH3 is 1. The van der Waals surface area contributed by atoms with Crippen molar-refractivity contribution < 1.29 is 4.74 Å². The third-order valence-electron chi connectivity index (χ3n) is 2.56. The van der Waals surface area contributed by atoms with Crippen molar-refractivity contribution in [2.75, 3.05) is 30.5 Å². The Bertz CT molecular complexity index is 296. The molecule has 15 heavy (non-hydrogen) atoms. The summed E-state index contributed by atoms with van der Waals surface area (Å²) in [5.74, 6) is 4.08. The third-order valence-corrected chi connectivity index (χ3v) is 3.80. The maximum absolute atomic E-state index is 5.00. The molecule has 0 aromatic carbocycles. The molecule has 1 aromatic heterocycles. The molecule has 0 spiro atoms. The summed E-state index contributed by atoms with van der Waals surface area (Å²) in [4.78, 5) is 4.15. The lowest BCUT2D eigenvalue weighted by molar-refractivity contribution is 0.398. The Morgan fingerprint density at radius 2 is 2.53 bits per heavy atom. The second-order valence-electron chi connectivity index (χ2n) is 3.70. The molecule has 1 fully saturated rings. The van der Waals surface area contributed by atoms with Crippen LogP contribution in [0.3, 0.4) is 0 Å². The molecule has 1 unspecified atom stereocenters. The molecule has 1 aliphatic heterocycles. The van der Waals surface area contributed by atoms with E-state index >= 15 is 0 Å². The quantitative estimate of drug-likeness (QED) is 0.850. The van der Waals surface area contributed by atoms with Gasteiger partial charge >= 0.3 is 0 Å². The number of aromatic nitrogens is 1. The lowest BCUT2D eigenvalue weighted by atomic mass is 10.1. The van der Waals surface area contributed by atoms with E-state index in [-0.39, 0.29) is 0 Å². The van der Waals surface area contributed by atoms with Crippen LogP contribution < -0.4 is 10.1 Å². The molecule has 0 amide bonds. The molecule has 1 N–H and O–H groups in total. The van der Waals surface area contributed by atoms with Crippen molar-refractivity contribution >= 4 is 17.4 Å². The third kappa shape index (κ3) is 3.02. The largest absolute Gasteiger partial charge is 0.481 e. The number of hydrogen-bond acceptors (Lipinski definition) is 4. The first-order valence-electron chi connectivity index (χ1n) is 5.20. The fourth-order valence-corrected chi connectivity index (χ4v) is 2.90. The standard InChI is InChI=1S/C11H16N2OS/c1-14-11-3-2-10(7-13-11)12-6-9-4-5-15-8-9/h2-3,7,9,12H,4-6,8H2,1H3. The SMILES string of the molecule is COc1ccc(NCC2CCSC2)cn1. The number of ether oxygens (including phenoxy) is 1. The monoisotopic (exact) mass is 224 g/mol. The minimum Gasteiger partial charge on any atom is -0.481 e. The average Bonchev–Trinajstić information content (AvgIpc) is 2.80. The van der Waals surface area contributed by atoms with E-state index in [1.807, 2.05) is 30.1 Å². The van der Waals surface area contributed by atoms with Crippen molar-refractivity contribution in [2.45, 2.75) is 6.42 Å². The average molecular weight is 224 g/mol. The molecule has 3 nitrogen and oxygen atoms in total. The summed E-state index contributed by atoms with van der Waals surface area (Å²) >= 11 is 2.05. The van der Waals surface area contributed by atoms with Crippen molar-refractivity contribution in [1.29, 1.82) is 0 Å². The molecule has 82 valence electrons. The first-order valence-corrected chi connectivity index (χ1v) is 6.35. The van der Waals surface area contributed by atoms with Gasteiger partial charge in [0.05, 0.1) is 19.0 Å². The van der Waals surface area contributed by atoms with E-state index < -0.39 is 0 Å². The zero-order valence-corrected chi connectivity index (χ0v) is 9.72. The highest BCUT2D eigenvalue weighted by Crippen LogP contribution is 2.23. The zero-order chi connectivity index (χ0) is 10.5. The van der Waals surface area contributed by atoms with E-state index in [1.165, 1.54) is 17.9 Å². The molecule has 4 heteroatoms. The number of nitrogens with one attached hydrogen (secondary N) is 1. The normalized spacial score (nSPS) is 20.2. The molecule has 0 bridgehead atoms. The van der Waals surface area contributed by atoms with Gasteiger partial charge in [0.1, 0.15) is 0 Å². The van der Waals surface area contributed by atoms with Crippen LogP contribution in [0.25, 0.3) is 0 Å². The summed E-state index contributed by atoms with van der Waals surface area (Å²) in [6.07, 6.45) is 3.15. The number of nitrogens with zero attached hydrogens (tertiary/aromatic N) is 1. The topological polar surface area (TPSA) is 34.1 Å². The Hall–Kier alpha value is -0.900. The lowest BCUT2D eigenvalue weighted by Gasteiger charge is -2.10. The van der Waals surface area contributed by atoms with E-state index in [1.54, 1.807) is 7.11 Å². The van der Waals surface area contributed by atoms with Crippen LogP contribution in [-0.2, 0) is 0 Å². The van der Waals surface area contributed by atoms with Crippen LogP contribution in [0, 0.1) is 5.92 Å². The van der Waals surface area contributed by atoms with E-state index in [4.69, 9.17) is 4.74 Å². The first kappa shape index (κ1) is 10.6. The Labute approximate surface area is 94.6 Å². The van der Waals surface area contributed by atoms with Gasteiger partial charge in [0, 0.05) is 12.6 Å². The number of pyridine rings is 1. The van der Waals surface area contributed by atoms with E-state index in [0.717, 1.165) is 18.2 Å². The van der Waals surface area contributed by atoms with Gasteiger partial charge in [0.2, 0.25) is 5.88 Å². The molecule has 0 aliphatic carbocycles. The summed E-state index contributed by atoms with van der Waals surface area (Å²) in [6.45, 7) is 1.06. The fraction of sp³-hybridized carbons (Fsp3) is 0.545. The molecule has 1 aliphatic rings. The maximum atomic E-state index is 5.00. The van der Waals surface area contributed by atoms with E-state index in [2.05, 4.69) is 10.3 Å². The lowest BCUT2D eigenvalue weighted by Crippen LogP contribution is -2.13. The molecular weight excluding hydrogens is 208 g/mol. The summed E-state index contributed by atoms with van der Waals surface area (Å²) in [5, 5.41) is 3.41. The van der Waals surface area contributed by atoms with Crippen molar-refractivity contribution in [3.05, 3.63) is 18.3 Å². The second kappa shape index (κ2) is 5.26. The number of rotatable bonds is 4. The maximum Gasteiger partial charge on any atom is 0.213 e. The van der Waals surface area contributed by atoms with Crippen LogP contribution in [0.2, 0.25) is 0 Å². The highest BCUT2D eigenvalue weighted by molar-refractivity contribution is 7.99. The van der Waals surface area contributed by atoms with Gasteiger partial charge in [-0.15, -0.1) is 0 Å². The Morgan fingerprint density at radius 1 is 1.60 bits per heavy atom.